The third kappa shape index (κ3) is 4.47. The topological polar surface area (TPSA) is 70.1 Å². The summed E-state index contributed by atoms with van der Waals surface area (Å²) < 4.78 is 5.40. The maximum Gasteiger partial charge on any atom is 0.295 e. The van der Waals surface area contributed by atoms with Crippen LogP contribution in [0.5, 0.6) is 0 Å². The Morgan fingerprint density at radius 3 is 2.47 bits per heavy atom. The molecule has 0 aromatic heterocycles. The predicted molar refractivity (Wildman–Crippen MR) is 123 cm³/mol. The lowest BCUT2D eigenvalue weighted by Crippen LogP contribution is -2.38. The van der Waals surface area contributed by atoms with Crippen molar-refractivity contribution in [3.05, 3.63) is 76.4 Å². The summed E-state index contributed by atoms with van der Waals surface area (Å²) in [4.78, 5) is 30.1. The Balaban J connectivity index is 1.68. The highest BCUT2D eigenvalue weighted by molar-refractivity contribution is 6.46. The fraction of sp³-hybridized carbons (Fsp3) is 0.385. The van der Waals surface area contributed by atoms with Gasteiger partial charge in [-0.3, -0.25) is 14.5 Å². The highest BCUT2D eigenvalue weighted by Crippen LogP contribution is 2.40. The van der Waals surface area contributed by atoms with Gasteiger partial charge in [-0.2, -0.15) is 0 Å². The van der Waals surface area contributed by atoms with Gasteiger partial charge in [0.25, 0.3) is 11.7 Å². The molecule has 1 N–H and O–H groups in total. The molecule has 2 saturated heterocycles. The van der Waals surface area contributed by atoms with E-state index in [2.05, 4.69) is 4.90 Å². The molecule has 2 fully saturated rings. The first kappa shape index (κ1) is 22.2. The molecule has 0 saturated carbocycles. The smallest absolute Gasteiger partial charge is 0.295 e. The van der Waals surface area contributed by atoms with Gasteiger partial charge in [0.2, 0.25) is 0 Å². The third-order valence-corrected chi connectivity index (χ3v) is 6.28. The molecule has 0 bridgehead atoms. The average Bonchev–Trinajstić information content (AvgIpc) is 3.06. The Hall–Kier alpha value is -2.96. The molecule has 1 amide bonds. The maximum absolute atomic E-state index is 13.1. The van der Waals surface area contributed by atoms with E-state index in [1.54, 1.807) is 4.90 Å². The summed E-state index contributed by atoms with van der Waals surface area (Å²) in [6.07, 6.45) is 0.750. The van der Waals surface area contributed by atoms with Gasteiger partial charge in [-0.25, -0.2) is 0 Å². The number of aliphatic hydroxyl groups excluding tert-OH is 1. The normalized spacial score (nSPS) is 21.3. The minimum Gasteiger partial charge on any atom is -0.507 e. The number of Topliss-reactive ketones (excluding diaryl/α,β-unsaturated/α-hetero) is 1. The number of carbonyl (C=O) groups excluding carboxylic acids is 2. The standard InChI is InChI=1S/C26H30N2O4/c1-18-9-10-19(2)21(17-18)24(29)22-23(20-7-4-3-5-8-20)28(26(31)25(22)30)12-6-11-27-13-15-32-16-14-27/h3-5,7-10,17,23,29H,6,11-16H2,1-2H3. The number of morpholine rings is 1. The molecule has 0 spiro atoms. The van der Waals surface area contributed by atoms with Crippen LogP contribution in [0.4, 0.5) is 0 Å². The SMILES string of the molecule is Cc1ccc(C)c(C(O)=C2C(=O)C(=O)N(CCCN3CCOCC3)C2c2ccccc2)c1. The van der Waals surface area contributed by atoms with E-state index >= 15 is 0 Å². The molecular formula is C26H30N2O4. The molecule has 0 radical (unpaired) electrons. The number of benzene rings is 2. The van der Waals surface area contributed by atoms with Crippen molar-refractivity contribution in [2.75, 3.05) is 39.4 Å². The van der Waals surface area contributed by atoms with Crippen molar-refractivity contribution in [3.8, 4) is 0 Å². The van der Waals surface area contributed by atoms with Gasteiger partial charge in [0.1, 0.15) is 5.76 Å². The van der Waals surface area contributed by atoms with Crippen LogP contribution in [0.3, 0.4) is 0 Å². The molecule has 2 aliphatic heterocycles. The van der Waals surface area contributed by atoms with Gasteiger partial charge < -0.3 is 14.7 Å². The monoisotopic (exact) mass is 434 g/mol. The Bertz CT molecular complexity index is 1030. The van der Waals surface area contributed by atoms with Crippen molar-refractivity contribution < 1.29 is 19.4 Å². The van der Waals surface area contributed by atoms with E-state index in [0.717, 1.165) is 56.0 Å². The van der Waals surface area contributed by atoms with Gasteiger partial charge in [-0.1, -0.05) is 48.0 Å². The van der Waals surface area contributed by atoms with Crippen molar-refractivity contribution >= 4 is 17.4 Å². The second-order valence-electron chi connectivity index (χ2n) is 8.53. The third-order valence-electron chi connectivity index (χ3n) is 6.28. The Kier molecular flexibility index (Phi) is 6.72. The van der Waals surface area contributed by atoms with Gasteiger partial charge in [-0.05, 0) is 37.5 Å². The zero-order valence-electron chi connectivity index (χ0n) is 18.7. The van der Waals surface area contributed by atoms with Crippen molar-refractivity contribution in [1.29, 1.82) is 0 Å². The summed E-state index contributed by atoms with van der Waals surface area (Å²) in [5.41, 5.74) is 3.43. The van der Waals surface area contributed by atoms with Crippen LogP contribution in [-0.4, -0.2) is 66.0 Å². The lowest BCUT2D eigenvalue weighted by Gasteiger charge is -2.29. The van der Waals surface area contributed by atoms with Gasteiger partial charge in [0.05, 0.1) is 24.8 Å². The molecule has 1 atom stereocenters. The lowest BCUT2D eigenvalue weighted by molar-refractivity contribution is -0.140. The minimum absolute atomic E-state index is 0.103. The van der Waals surface area contributed by atoms with E-state index in [4.69, 9.17) is 4.74 Å². The van der Waals surface area contributed by atoms with Crippen molar-refractivity contribution in [3.63, 3.8) is 0 Å². The van der Waals surface area contributed by atoms with Crippen LogP contribution >= 0.6 is 0 Å². The molecule has 4 rings (SSSR count). The largest absolute Gasteiger partial charge is 0.507 e. The Labute approximate surface area is 189 Å². The lowest BCUT2D eigenvalue weighted by atomic mass is 9.93. The number of amides is 1. The summed E-state index contributed by atoms with van der Waals surface area (Å²) in [6, 6.07) is 14.6. The summed E-state index contributed by atoms with van der Waals surface area (Å²) >= 11 is 0. The zero-order valence-corrected chi connectivity index (χ0v) is 18.7. The van der Waals surface area contributed by atoms with E-state index in [1.165, 1.54) is 0 Å². The highest BCUT2D eigenvalue weighted by Gasteiger charge is 2.45. The van der Waals surface area contributed by atoms with Crippen LogP contribution in [0, 0.1) is 13.8 Å². The number of ketones is 1. The molecule has 6 nitrogen and oxygen atoms in total. The summed E-state index contributed by atoms with van der Waals surface area (Å²) in [5, 5.41) is 11.3. The van der Waals surface area contributed by atoms with Gasteiger partial charge in [0, 0.05) is 31.7 Å². The van der Waals surface area contributed by atoms with Crippen molar-refractivity contribution in [2.24, 2.45) is 0 Å². The molecular weight excluding hydrogens is 404 g/mol. The predicted octanol–water partition coefficient (Wildman–Crippen LogP) is 3.45. The number of aliphatic hydroxyl groups is 1. The Morgan fingerprint density at radius 1 is 1.03 bits per heavy atom. The quantitative estimate of drug-likeness (QED) is 0.428. The first-order valence-electron chi connectivity index (χ1n) is 11.2. The van der Waals surface area contributed by atoms with Crippen LogP contribution in [0.1, 0.15) is 34.7 Å². The van der Waals surface area contributed by atoms with E-state index in [1.807, 2.05) is 62.4 Å². The zero-order chi connectivity index (χ0) is 22.7. The van der Waals surface area contributed by atoms with E-state index in [0.29, 0.717) is 12.1 Å². The number of hydrogen-bond acceptors (Lipinski definition) is 5. The number of likely N-dealkylation sites (tertiary alicyclic amines) is 1. The summed E-state index contributed by atoms with van der Waals surface area (Å²) in [6.45, 7) is 8.34. The second-order valence-corrected chi connectivity index (χ2v) is 8.53. The molecule has 6 heteroatoms. The molecule has 1 unspecified atom stereocenters. The first-order chi connectivity index (χ1) is 15.5. The van der Waals surface area contributed by atoms with Crippen LogP contribution in [0.25, 0.3) is 5.76 Å². The van der Waals surface area contributed by atoms with E-state index in [9.17, 15) is 14.7 Å². The van der Waals surface area contributed by atoms with E-state index < -0.39 is 17.7 Å². The fourth-order valence-corrected chi connectivity index (χ4v) is 4.52. The molecule has 2 aliphatic rings. The van der Waals surface area contributed by atoms with Crippen LogP contribution in [0.2, 0.25) is 0 Å². The van der Waals surface area contributed by atoms with Crippen molar-refractivity contribution in [2.45, 2.75) is 26.3 Å². The minimum atomic E-state index is -0.622. The molecule has 168 valence electrons. The van der Waals surface area contributed by atoms with Crippen LogP contribution in [-0.2, 0) is 14.3 Å². The highest BCUT2D eigenvalue weighted by atomic mass is 16.5. The number of rotatable bonds is 6. The number of aryl methyl sites for hydroxylation is 2. The van der Waals surface area contributed by atoms with Crippen LogP contribution < -0.4 is 0 Å². The number of hydrogen-bond donors (Lipinski definition) is 1. The number of ether oxygens (including phenoxy) is 1. The van der Waals surface area contributed by atoms with Gasteiger partial charge in [0.15, 0.2) is 0 Å². The second kappa shape index (κ2) is 9.67. The van der Waals surface area contributed by atoms with Crippen molar-refractivity contribution in [1.82, 2.24) is 9.80 Å². The van der Waals surface area contributed by atoms with E-state index in [-0.39, 0.29) is 11.3 Å². The molecule has 0 aliphatic carbocycles. The fourth-order valence-electron chi connectivity index (χ4n) is 4.52. The number of carbonyl (C=O) groups is 2. The average molecular weight is 435 g/mol. The van der Waals surface area contributed by atoms with Gasteiger partial charge in [-0.15, -0.1) is 0 Å². The molecule has 2 heterocycles. The first-order valence-corrected chi connectivity index (χ1v) is 11.2. The summed E-state index contributed by atoms with van der Waals surface area (Å²) in [7, 11) is 0. The maximum atomic E-state index is 13.1. The Morgan fingerprint density at radius 2 is 1.75 bits per heavy atom. The van der Waals surface area contributed by atoms with Gasteiger partial charge >= 0.3 is 0 Å². The summed E-state index contributed by atoms with van der Waals surface area (Å²) in [5.74, 6) is -1.27. The number of nitrogens with zero attached hydrogens (tertiary/aromatic N) is 2. The molecule has 32 heavy (non-hydrogen) atoms. The molecule has 2 aromatic carbocycles. The molecule has 2 aromatic rings. The van der Waals surface area contributed by atoms with Crippen LogP contribution in [0.15, 0.2) is 54.1 Å².